The Morgan fingerprint density at radius 3 is 2.39 bits per heavy atom. The summed E-state index contributed by atoms with van der Waals surface area (Å²) in [7, 11) is -3.77. The van der Waals surface area contributed by atoms with Crippen LogP contribution >= 0.6 is 7.60 Å². The van der Waals surface area contributed by atoms with E-state index in [1.54, 1.807) is 18.2 Å². The topological polar surface area (TPSA) is 46.5 Å². The molecule has 90 valence electrons. The molecule has 1 aliphatic rings. The molecule has 0 aliphatic carbocycles. The van der Waals surface area contributed by atoms with Crippen LogP contribution in [0.3, 0.4) is 0 Å². The molecule has 18 heavy (non-hydrogen) atoms. The highest BCUT2D eigenvalue weighted by molar-refractivity contribution is 7.61. The molecule has 0 spiro atoms. The molecule has 1 atom stereocenters. The fraction of sp³-hybridized carbons (Fsp3) is 0. The normalized spacial score (nSPS) is 21.7. The van der Waals surface area contributed by atoms with Crippen molar-refractivity contribution < 1.29 is 14.0 Å². The summed E-state index contributed by atoms with van der Waals surface area (Å²) in [5.41, 5.74) is 1.52. The van der Waals surface area contributed by atoms with Crippen LogP contribution in [0.4, 0.5) is 0 Å². The smallest absolute Gasteiger partial charge is 0.408 e. The van der Waals surface area contributed by atoms with Crippen molar-refractivity contribution in [3.63, 3.8) is 0 Å². The number of benzene rings is 2. The van der Waals surface area contributed by atoms with Crippen LogP contribution in [0.1, 0.15) is 11.1 Å². The van der Waals surface area contributed by atoms with Crippen LogP contribution in [-0.2, 0) is 9.09 Å². The Hall–Kier alpha value is -1.83. The van der Waals surface area contributed by atoms with Gasteiger partial charge in [0.2, 0.25) is 0 Å². The van der Waals surface area contributed by atoms with Crippen molar-refractivity contribution in [1.29, 1.82) is 0 Å². The van der Waals surface area contributed by atoms with E-state index < -0.39 is 7.60 Å². The number of fused-ring (bicyclic) bond motifs is 1. The Morgan fingerprint density at radius 1 is 0.944 bits per heavy atom. The minimum Gasteiger partial charge on any atom is -0.421 e. The second-order valence-electron chi connectivity index (χ2n) is 4.05. The average Bonchev–Trinajstić information content (AvgIpc) is 2.39. The molecule has 3 nitrogen and oxygen atoms in total. The number of hydrogen-bond donors (Lipinski definition) is 1. The van der Waals surface area contributed by atoms with E-state index in [0.29, 0.717) is 11.1 Å². The SMILES string of the molecule is O=P1(O)OC(c2ccccc2)=Cc2ccccc21. The van der Waals surface area contributed by atoms with Crippen molar-refractivity contribution in [2.24, 2.45) is 0 Å². The van der Waals surface area contributed by atoms with E-state index in [1.165, 1.54) is 0 Å². The van der Waals surface area contributed by atoms with E-state index in [4.69, 9.17) is 4.52 Å². The van der Waals surface area contributed by atoms with Gasteiger partial charge < -0.3 is 9.42 Å². The van der Waals surface area contributed by atoms with Crippen LogP contribution < -0.4 is 5.30 Å². The molecule has 0 aromatic heterocycles. The highest BCUT2D eigenvalue weighted by Crippen LogP contribution is 2.49. The molecule has 0 saturated heterocycles. The van der Waals surface area contributed by atoms with Gasteiger partial charge in [0.1, 0.15) is 5.76 Å². The molecule has 1 heterocycles. The van der Waals surface area contributed by atoms with Crippen LogP contribution in [0.2, 0.25) is 0 Å². The van der Waals surface area contributed by atoms with Gasteiger partial charge in [-0.3, -0.25) is 0 Å². The molecular formula is C14H11O3P. The maximum atomic E-state index is 12.1. The maximum absolute atomic E-state index is 12.1. The van der Waals surface area contributed by atoms with Gasteiger partial charge in [-0.25, -0.2) is 4.57 Å². The first-order valence-corrected chi connectivity index (χ1v) is 7.14. The summed E-state index contributed by atoms with van der Waals surface area (Å²) in [5.74, 6) is 0.431. The lowest BCUT2D eigenvalue weighted by molar-refractivity contribution is 0.375. The van der Waals surface area contributed by atoms with Gasteiger partial charge in [0, 0.05) is 5.56 Å². The molecule has 2 aromatic rings. The van der Waals surface area contributed by atoms with Crippen LogP contribution in [0.25, 0.3) is 11.8 Å². The van der Waals surface area contributed by atoms with E-state index in [2.05, 4.69) is 0 Å². The lowest BCUT2D eigenvalue weighted by Gasteiger charge is -2.22. The number of rotatable bonds is 1. The van der Waals surface area contributed by atoms with E-state index in [0.717, 1.165) is 11.1 Å². The van der Waals surface area contributed by atoms with Gasteiger partial charge in [0.15, 0.2) is 0 Å². The fourth-order valence-electron chi connectivity index (χ4n) is 1.96. The molecule has 0 fully saturated rings. The molecule has 3 rings (SSSR count). The van der Waals surface area contributed by atoms with Gasteiger partial charge >= 0.3 is 7.60 Å². The molecule has 0 radical (unpaired) electrons. The van der Waals surface area contributed by atoms with Crippen molar-refractivity contribution in [3.05, 3.63) is 65.7 Å². The molecular weight excluding hydrogens is 247 g/mol. The zero-order chi connectivity index (χ0) is 12.6. The van der Waals surface area contributed by atoms with Crippen LogP contribution in [-0.4, -0.2) is 4.89 Å². The van der Waals surface area contributed by atoms with E-state index in [1.807, 2.05) is 42.5 Å². The second-order valence-corrected chi connectivity index (χ2v) is 5.75. The number of hydrogen-bond acceptors (Lipinski definition) is 2. The summed E-state index contributed by atoms with van der Waals surface area (Å²) in [6, 6.07) is 16.3. The van der Waals surface area contributed by atoms with Gasteiger partial charge in [-0.05, 0) is 17.7 Å². The highest BCUT2D eigenvalue weighted by atomic mass is 31.2. The molecule has 0 bridgehead atoms. The zero-order valence-electron chi connectivity index (χ0n) is 9.48. The summed E-state index contributed by atoms with van der Waals surface area (Å²) in [6.07, 6.45) is 1.79. The van der Waals surface area contributed by atoms with Gasteiger partial charge in [0.05, 0.1) is 5.30 Å². The lowest BCUT2D eigenvalue weighted by atomic mass is 10.1. The predicted molar refractivity (Wildman–Crippen MR) is 71.3 cm³/mol. The Balaban J connectivity index is 2.17. The molecule has 1 unspecified atom stereocenters. The van der Waals surface area contributed by atoms with Crippen LogP contribution in [0.15, 0.2) is 54.6 Å². The summed E-state index contributed by atoms with van der Waals surface area (Å²) >= 11 is 0. The molecule has 1 aliphatic heterocycles. The summed E-state index contributed by atoms with van der Waals surface area (Å²) in [6.45, 7) is 0. The standard InChI is InChI=1S/C14H11O3P/c15-18(16)14-9-5-4-8-12(14)10-13(17-18)11-6-2-1-3-7-11/h1-10H,(H,15,16). The quantitative estimate of drug-likeness (QED) is 0.800. The van der Waals surface area contributed by atoms with Crippen molar-refractivity contribution in [1.82, 2.24) is 0 Å². The third-order valence-corrected chi connectivity index (χ3v) is 4.27. The minimum absolute atomic E-state index is 0.352. The third kappa shape index (κ3) is 1.88. The van der Waals surface area contributed by atoms with Crippen LogP contribution in [0, 0.1) is 0 Å². The monoisotopic (exact) mass is 258 g/mol. The Kier molecular flexibility index (Phi) is 2.58. The summed E-state index contributed by atoms with van der Waals surface area (Å²) < 4.78 is 17.4. The second kappa shape index (κ2) is 4.13. The average molecular weight is 258 g/mol. The van der Waals surface area contributed by atoms with Gasteiger partial charge in [-0.15, -0.1) is 0 Å². The van der Waals surface area contributed by atoms with Crippen molar-refractivity contribution >= 4 is 24.7 Å². The molecule has 1 N–H and O–H groups in total. The lowest BCUT2D eigenvalue weighted by Crippen LogP contribution is -2.14. The Bertz CT molecular complexity index is 662. The van der Waals surface area contributed by atoms with Gasteiger partial charge in [-0.1, -0.05) is 48.5 Å². The van der Waals surface area contributed by atoms with Crippen LogP contribution in [0.5, 0.6) is 0 Å². The summed E-state index contributed by atoms with van der Waals surface area (Å²) in [5, 5.41) is 0.352. The third-order valence-electron chi connectivity index (χ3n) is 2.81. The molecule has 0 saturated carbocycles. The van der Waals surface area contributed by atoms with E-state index in [-0.39, 0.29) is 0 Å². The maximum Gasteiger partial charge on any atom is 0.408 e. The highest BCUT2D eigenvalue weighted by Gasteiger charge is 2.31. The Labute approximate surface area is 105 Å². The molecule has 4 heteroatoms. The molecule has 0 amide bonds. The van der Waals surface area contributed by atoms with E-state index >= 15 is 0 Å². The van der Waals surface area contributed by atoms with Crippen molar-refractivity contribution in [2.45, 2.75) is 0 Å². The minimum atomic E-state index is -3.77. The first kappa shape index (κ1) is 11.3. The first-order valence-electron chi connectivity index (χ1n) is 5.56. The predicted octanol–water partition coefficient (Wildman–Crippen LogP) is 3.03. The Morgan fingerprint density at radius 2 is 1.61 bits per heavy atom. The fourth-order valence-corrected chi connectivity index (χ4v) is 3.22. The van der Waals surface area contributed by atoms with Crippen molar-refractivity contribution in [2.75, 3.05) is 0 Å². The van der Waals surface area contributed by atoms with Crippen molar-refractivity contribution in [3.8, 4) is 0 Å². The zero-order valence-corrected chi connectivity index (χ0v) is 10.4. The largest absolute Gasteiger partial charge is 0.421 e. The van der Waals surface area contributed by atoms with Gasteiger partial charge in [0.25, 0.3) is 0 Å². The first-order chi connectivity index (χ1) is 8.67. The van der Waals surface area contributed by atoms with E-state index in [9.17, 15) is 9.46 Å². The summed E-state index contributed by atoms with van der Waals surface area (Å²) in [4.78, 5) is 9.95. The van der Waals surface area contributed by atoms with Gasteiger partial charge in [-0.2, -0.15) is 0 Å². The molecule has 2 aromatic carbocycles.